The van der Waals surface area contributed by atoms with Crippen LogP contribution in [0.15, 0.2) is 17.5 Å². The SMILES string of the molecule is C[N+]12CCCC[C@@H]1[C@H](COC(=O)c1cccs1)CCC2. The molecule has 0 N–H and O–H groups in total. The van der Waals surface area contributed by atoms with Crippen LogP contribution >= 0.6 is 11.3 Å². The number of carbonyl (C=O) groups excluding carboxylic acids is 1. The van der Waals surface area contributed by atoms with Gasteiger partial charge in [0.2, 0.25) is 0 Å². The number of quaternary nitrogens is 1. The molecule has 0 aliphatic carbocycles. The van der Waals surface area contributed by atoms with E-state index in [2.05, 4.69) is 7.05 Å². The first-order chi connectivity index (χ1) is 9.69. The smallest absolute Gasteiger partial charge is 0.348 e. The highest BCUT2D eigenvalue weighted by atomic mass is 32.1. The maximum atomic E-state index is 12.0. The first-order valence-corrected chi connectivity index (χ1v) is 8.62. The number of carbonyl (C=O) groups is 1. The molecule has 3 rings (SSSR count). The van der Waals surface area contributed by atoms with Crippen LogP contribution in [0.2, 0.25) is 0 Å². The Labute approximate surface area is 125 Å². The van der Waals surface area contributed by atoms with Gasteiger partial charge < -0.3 is 9.22 Å². The fourth-order valence-electron chi connectivity index (χ4n) is 4.08. The van der Waals surface area contributed by atoms with E-state index in [0.29, 0.717) is 18.6 Å². The Morgan fingerprint density at radius 2 is 2.20 bits per heavy atom. The first-order valence-electron chi connectivity index (χ1n) is 7.74. The van der Waals surface area contributed by atoms with Crippen LogP contribution in [0.4, 0.5) is 0 Å². The van der Waals surface area contributed by atoms with Gasteiger partial charge in [0.05, 0.1) is 26.2 Å². The Morgan fingerprint density at radius 1 is 1.35 bits per heavy atom. The summed E-state index contributed by atoms with van der Waals surface area (Å²) in [5.74, 6) is 0.411. The van der Waals surface area contributed by atoms with E-state index in [0.717, 1.165) is 4.88 Å². The van der Waals surface area contributed by atoms with Gasteiger partial charge in [0.15, 0.2) is 0 Å². The monoisotopic (exact) mass is 294 g/mol. The maximum absolute atomic E-state index is 12.0. The lowest BCUT2D eigenvalue weighted by Gasteiger charge is -2.51. The Kier molecular flexibility index (Phi) is 4.13. The van der Waals surface area contributed by atoms with Crippen molar-refractivity contribution in [2.75, 3.05) is 26.7 Å². The summed E-state index contributed by atoms with van der Waals surface area (Å²) < 4.78 is 6.79. The number of hydrogen-bond acceptors (Lipinski definition) is 3. The normalized spacial score (nSPS) is 33.5. The zero-order valence-electron chi connectivity index (χ0n) is 12.2. The molecule has 2 fully saturated rings. The standard InChI is InChI=1S/C16H24NO2S/c1-17-9-3-2-7-14(17)13(6-4-10-17)12-19-16(18)15-8-5-11-20-15/h5,8,11,13-14H,2-4,6-7,9-10,12H2,1H3/q+1/t13-,14+,17?/m0/s1. The van der Waals surface area contributed by atoms with Crippen molar-refractivity contribution in [1.29, 1.82) is 0 Å². The molecule has 3 nitrogen and oxygen atoms in total. The van der Waals surface area contributed by atoms with Crippen molar-refractivity contribution in [3.8, 4) is 0 Å². The number of rotatable bonds is 3. The Balaban J connectivity index is 1.60. The minimum atomic E-state index is -0.143. The van der Waals surface area contributed by atoms with E-state index < -0.39 is 0 Å². The van der Waals surface area contributed by atoms with E-state index in [-0.39, 0.29) is 5.97 Å². The van der Waals surface area contributed by atoms with E-state index in [4.69, 9.17) is 4.74 Å². The first kappa shape index (κ1) is 14.1. The average molecular weight is 294 g/mol. The minimum Gasteiger partial charge on any atom is -0.461 e. The molecule has 0 saturated carbocycles. The van der Waals surface area contributed by atoms with Crippen LogP contribution < -0.4 is 0 Å². The summed E-state index contributed by atoms with van der Waals surface area (Å²) in [6.45, 7) is 3.22. The van der Waals surface area contributed by atoms with E-state index in [1.165, 1.54) is 61.0 Å². The second-order valence-electron chi connectivity index (χ2n) is 6.47. The summed E-state index contributed by atoms with van der Waals surface area (Å²) >= 11 is 1.46. The van der Waals surface area contributed by atoms with Crippen molar-refractivity contribution < 1.29 is 14.0 Å². The van der Waals surface area contributed by atoms with Crippen molar-refractivity contribution >= 4 is 17.3 Å². The van der Waals surface area contributed by atoms with Crippen LogP contribution in [0.1, 0.15) is 41.8 Å². The van der Waals surface area contributed by atoms with Gasteiger partial charge in [-0.15, -0.1) is 11.3 Å². The third-order valence-corrected chi connectivity index (χ3v) is 6.01. The quantitative estimate of drug-likeness (QED) is 0.631. The number of piperidine rings is 2. The lowest BCUT2D eigenvalue weighted by molar-refractivity contribution is -0.947. The molecule has 2 aliphatic rings. The summed E-state index contributed by atoms with van der Waals surface area (Å²) in [6.07, 6.45) is 6.49. The van der Waals surface area contributed by atoms with E-state index in [1.807, 2.05) is 17.5 Å². The van der Waals surface area contributed by atoms with Gasteiger partial charge in [0.25, 0.3) is 0 Å². The van der Waals surface area contributed by atoms with Gasteiger partial charge in [0.1, 0.15) is 11.5 Å². The number of ether oxygens (including phenoxy) is 1. The number of hydrogen-bond donors (Lipinski definition) is 0. The molecule has 0 aromatic carbocycles. The third kappa shape index (κ3) is 2.77. The number of fused-ring (bicyclic) bond motifs is 1. The van der Waals surface area contributed by atoms with Crippen LogP contribution in [0.5, 0.6) is 0 Å². The maximum Gasteiger partial charge on any atom is 0.348 e. The molecule has 3 heterocycles. The fourth-order valence-corrected chi connectivity index (χ4v) is 4.69. The Morgan fingerprint density at radius 3 is 3.00 bits per heavy atom. The van der Waals surface area contributed by atoms with Gasteiger partial charge in [0, 0.05) is 12.3 Å². The van der Waals surface area contributed by atoms with Crippen LogP contribution in [-0.2, 0) is 4.74 Å². The molecule has 3 atom stereocenters. The summed E-state index contributed by atoms with van der Waals surface area (Å²) in [5, 5.41) is 1.92. The van der Waals surface area contributed by atoms with Gasteiger partial charge in [-0.25, -0.2) is 4.79 Å². The largest absolute Gasteiger partial charge is 0.461 e. The molecule has 4 heteroatoms. The lowest BCUT2D eigenvalue weighted by atomic mass is 9.82. The van der Waals surface area contributed by atoms with Crippen molar-refractivity contribution in [3.05, 3.63) is 22.4 Å². The Hall–Kier alpha value is -0.870. The third-order valence-electron chi connectivity index (χ3n) is 5.16. The predicted octanol–water partition coefficient (Wildman–Crippen LogP) is 3.31. The van der Waals surface area contributed by atoms with Crippen molar-refractivity contribution in [1.82, 2.24) is 0 Å². The molecule has 1 aromatic heterocycles. The second kappa shape index (κ2) is 5.86. The molecule has 110 valence electrons. The molecule has 2 aliphatic heterocycles. The summed E-state index contributed by atoms with van der Waals surface area (Å²) in [4.78, 5) is 12.7. The van der Waals surface area contributed by atoms with E-state index in [9.17, 15) is 4.79 Å². The highest BCUT2D eigenvalue weighted by molar-refractivity contribution is 7.11. The fraction of sp³-hybridized carbons (Fsp3) is 0.688. The molecular formula is C16H24NO2S+. The van der Waals surface area contributed by atoms with Crippen molar-refractivity contribution in [2.24, 2.45) is 5.92 Å². The van der Waals surface area contributed by atoms with Gasteiger partial charge in [-0.2, -0.15) is 0 Å². The zero-order chi connectivity index (χ0) is 14.0. The highest BCUT2D eigenvalue weighted by Crippen LogP contribution is 2.36. The van der Waals surface area contributed by atoms with Gasteiger partial charge >= 0.3 is 5.97 Å². The van der Waals surface area contributed by atoms with Crippen LogP contribution in [0.25, 0.3) is 0 Å². The predicted molar refractivity (Wildman–Crippen MR) is 80.9 cm³/mol. The van der Waals surface area contributed by atoms with Gasteiger partial charge in [-0.05, 0) is 37.1 Å². The lowest BCUT2D eigenvalue weighted by Crippen LogP contribution is -2.61. The molecule has 1 unspecified atom stereocenters. The summed E-state index contributed by atoms with van der Waals surface area (Å²) in [6, 6.07) is 4.44. The van der Waals surface area contributed by atoms with Crippen LogP contribution in [-0.4, -0.2) is 43.2 Å². The van der Waals surface area contributed by atoms with Crippen molar-refractivity contribution in [2.45, 2.75) is 38.1 Å². The molecule has 0 amide bonds. The molecule has 0 radical (unpaired) electrons. The van der Waals surface area contributed by atoms with Gasteiger partial charge in [-0.1, -0.05) is 6.07 Å². The average Bonchev–Trinajstić information content (AvgIpc) is 2.98. The Bertz CT molecular complexity index is 455. The number of esters is 1. The molecule has 0 spiro atoms. The molecular weight excluding hydrogens is 270 g/mol. The number of nitrogens with zero attached hydrogens (tertiary/aromatic N) is 1. The second-order valence-corrected chi connectivity index (χ2v) is 7.42. The van der Waals surface area contributed by atoms with Crippen molar-refractivity contribution in [3.63, 3.8) is 0 Å². The molecule has 0 bridgehead atoms. The topological polar surface area (TPSA) is 26.3 Å². The van der Waals surface area contributed by atoms with Crippen LogP contribution in [0, 0.1) is 5.92 Å². The number of thiophene rings is 1. The summed E-state index contributed by atoms with van der Waals surface area (Å²) in [5.41, 5.74) is 0. The zero-order valence-corrected chi connectivity index (χ0v) is 13.0. The van der Waals surface area contributed by atoms with Gasteiger partial charge in [-0.3, -0.25) is 0 Å². The minimum absolute atomic E-state index is 0.143. The molecule has 2 saturated heterocycles. The van der Waals surface area contributed by atoms with Crippen LogP contribution in [0.3, 0.4) is 0 Å². The highest BCUT2D eigenvalue weighted by Gasteiger charge is 2.43. The van der Waals surface area contributed by atoms with E-state index in [1.54, 1.807) is 0 Å². The molecule has 1 aromatic rings. The van der Waals surface area contributed by atoms with E-state index >= 15 is 0 Å². The summed E-state index contributed by atoms with van der Waals surface area (Å²) in [7, 11) is 2.40. The molecule has 20 heavy (non-hydrogen) atoms.